The number of likely N-dealkylation sites (tertiary alicyclic amines) is 1. The molecule has 3 fully saturated rings. The van der Waals surface area contributed by atoms with E-state index in [0.717, 1.165) is 65.1 Å². The number of alkyl halides is 3. The molecule has 2 aliphatic carbocycles. The number of amides is 8. The number of nitrogens with two attached hydrogens (primary N) is 1. The summed E-state index contributed by atoms with van der Waals surface area (Å²) in [4.78, 5) is 114. The molecular formula is C88H90F4N16O17S. The Balaban J connectivity index is 0.000000160. The van der Waals surface area contributed by atoms with Gasteiger partial charge in [0.25, 0.3) is 29.5 Å². The van der Waals surface area contributed by atoms with E-state index in [2.05, 4.69) is 111 Å². The number of benzene rings is 5. The molecule has 658 valence electrons. The molecule has 38 heteroatoms. The van der Waals surface area contributed by atoms with Crippen molar-refractivity contribution in [2.45, 2.75) is 38.7 Å². The van der Waals surface area contributed by atoms with Crippen LogP contribution in [-0.4, -0.2) is 165 Å². The highest BCUT2D eigenvalue weighted by atomic mass is 32.2. The molecular weight excluding hydrogens is 1660 g/mol. The molecule has 1 saturated carbocycles. The molecule has 2 saturated heterocycles. The van der Waals surface area contributed by atoms with Crippen molar-refractivity contribution in [1.82, 2.24) is 52.3 Å². The number of thioether (sulfide) groups is 1. The van der Waals surface area contributed by atoms with E-state index in [1.54, 1.807) is 94.1 Å². The third-order valence-corrected chi connectivity index (χ3v) is 20.2. The van der Waals surface area contributed by atoms with E-state index in [4.69, 9.17) is 42.3 Å². The number of imide groups is 1. The lowest BCUT2D eigenvalue weighted by molar-refractivity contribution is -0.143. The largest absolute Gasteiger partial charge is 0.493 e. The number of hydrogen-bond donors (Lipinski definition) is 10. The number of anilines is 3. The highest BCUT2D eigenvalue weighted by Gasteiger charge is 2.59. The van der Waals surface area contributed by atoms with Crippen LogP contribution in [0.5, 0.6) is 17.2 Å². The van der Waals surface area contributed by atoms with E-state index < -0.39 is 65.5 Å². The fourth-order valence-electron chi connectivity index (χ4n) is 12.9. The van der Waals surface area contributed by atoms with Crippen LogP contribution in [-0.2, 0) is 34.9 Å². The molecule has 0 radical (unpaired) electrons. The maximum Gasteiger partial charge on any atom is 0.416 e. The number of aromatic amines is 2. The average molecular weight is 1750 g/mol. The number of aryl methyl sites for hydroxylation is 1. The number of methoxy groups -OCH3 is 3. The number of furan rings is 4. The minimum atomic E-state index is -4.46. The summed E-state index contributed by atoms with van der Waals surface area (Å²) in [6.07, 6.45) is 9.25. The van der Waals surface area contributed by atoms with Crippen molar-refractivity contribution in [3.8, 4) is 39.8 Å². The van der Waals surface area contributed by atoms with Gasteiger partial charge in [-0.2, -0.15) is 33.6 Å². The fraction of sp³-hybridized carbons (Fsp3) is 0.239. The van der Waals surface area contributed by atoms with Gasteiger partial charge in [0.05, 0.1) is 95.0 Å². The Kier molecular flexibility index (Phi) is 33.4. The van der Waals surface area contributed by atoms with Crippen LogP contribution in [0.3, 0.4) is 0 Å². The number of carbonyl (C=O) groups excluding carboxylic acids is 9. The minimum absolute atomic E-state index is 0.0597. The van der Waals surface area contributed by atoms with Crippen molar-refractivity contribution in [1.29, 1.82) is 0 Å². The molecule has 2 aliphatic heterocycles. The summed E-state index contributed by atoms with van der Waals surface area (Å²) in [5, 5.41) is 29.3. The predicted octanol–water partition coefficient (Wildman–Crippen LogP) is 12.2. The van der Waals surface area contributed by atoms with Crippen molar-refractivity contribution < 1.29 is 97.3 Å². The highest BCUT2D eigenvalue weighted by molar-refractivity contribution is 7.99. The summed E-state index contributed by atoms with van der Waals surface area (Å²) in [6, 6.07) is 46.0. The van der Waals surface area contributed by atoms with Gasteiger partial charge in [-0.1, -0.05) is 60.7 Å². The first-order valence-electron chi connectivity index (χ1n) is 38.8. The van der Waals surface area contributed by atoms with Crippen molar-refractivity contribution in [3.05, 3.63) is 269 Å². The molecule has 5 atom stereocenters. The molecule has 8 amide bonds. The molecule has 5 unspecified atom stereocenters. The number of rotatable bonds is 25. The van der Waals surface area contributed by atoms with E-state index >= 15 is 0 Å². The minimum Gasteiger partial charge on any atom is -0.493 e. The fourth-order valence-corrected chi connectivity index (χ4v) is 14.0. The number of nitrogen functional groups attached to an aromatic ring is 1. The van der Waals surface area contributed by atoms with Crippen LogP contribution in [0, 0.1) is 36.4 Å². The zero-order valence-electron chi connectivity index (χ0n) is 69.2. The zero-order valence-corrected chi connectivity index (χ0v) is 70.1. The Labute approximate surface area is 723 Å². The van der Waals surface area contributed by atoms with Crippen LogP contribution >= 0.6 is 11.8 Å². The van der Waals surface area contributed by atoms with Gasteiger partial charge < -0.3 is 73.5 Å². The summed E-state index contributed by atoms with van der Waals surface area (Å²) < 4.78 is 91.8. The number of hydrazone groups is 3. The zero-order chi connectivity index (χ0) is 90.4. The van der Waals surface area contributed by atoms with Crippen molar-refractivity contribution in [2.75, 3.05) is 89.9 Å². The summed E-state index contributed by atoms with van der Waals surface area (Å²) in [5.41, 5.74) is 18.6. The molecule has 11 N–H and O–H groups in total. The third kappa shape index (κ3) is 26.0. The molecule has 0 spiro atoms. The topological polar surface area (TPSA) is 441 Å². The normalized spacial score (nSPS) is 15.7. The summed E-state index contributed by atoms with van der Waals surface area (Å²) in [5.74, 6) is 0.253. The number of nitrogens with zero attached hydrogens (tertiary/aromatic N) is 6. The summed E-state index contributed by atoms with van der Waals surface area (Å²) in [6.45, 7) is 5.80. The van der Waals surface area contributed by atoms with Gasteiger partial charge in [0, 0.05) is 66.7 Å². The van der Waals surface area contributed by atoms with Crippen molar-refractivity contribution in [3.63, 3.8) is 0 Å². The van der Waals surface area contributed by atoms with Gasteiger partial charge in [-0.3, -0.25) is 48.4 Å². The van der Waals surface area contributed by atoms with E-state index in [0.29, 0.717) is 75.1 Å². The Hall–Kier alpha value is -15.1. The Morgan fingerprint density at radius 2 is 1.33 bits per heavy atom. The van der Waals surface area contributed by atoms with Crippen molar-refractivity contribution >= 4 is 100 Å². The summed E-state index contributed by atoms with van der Waals surface area (Å²) in [7, 11) is 8.50. The Bertz CT molecular complexity index is 5580. The molecule has 33 nitrogen and oxygen atoms in total. The van der Waals surface area contributed by atoms with Crippen LogP contribution < -0.4 is 62.4 Å². The Morgan fingerprint density at radius 1 is 0.690 bits per heavy atom. The van der Waals surface area contributed by atoms with Crippen LogP contribution in [0.4, 0.5) is 34.8 Å². The van der Waals surface area contributed by atoms with Gasteiger partial charge in [0.15, 0.2) is 23.0 Å². The number of halogens is 4. The summed E-state index contributed by atoms with van der Waals surface area (Å²) >= 11 is 1.99. The number of aromatic nitrogens is 3. The SMILES string of the molecule is C/C(=N\NC(=O)c1cc(-c2ccco2)[nH]n1)c1ccco1.CCOC(=O)c1c(-c2ccccc2)c[nH]c1N.CN(C)c1ccc(C2NCCS2)cc1.COc1cc(C(=O)NCC(=O)N/N=C\c2ccc(C)o2)cc(OC)c1OC.O=C(CN1C(=O)C2C3C=CC(C3)C2C1=O)Nc1ccc(C(F)(F)F)cc1.O=C(CNC(=O)c1cccc(F)c1)N/N=C/c1ccco1. The number of allylic oxidation sites excluding steroid dienone is 2. The first-order chi connectivity index (χ1) is 60.6. The predicted molar refractivity (Wildman–Crippen MR) is 461 cm³/mol. The average Bonchev–Trinajstić information content (AvgIpc) is 1.57. The lowest BCUT2D eigenvalue weighted by Crippen LogP contribution is -2.39. The lowest BCUT2D eigenvalue weighted by Gasteiger charge is -2.17. The quantitative estimate of drug-likeness (QED) is 0.00634. The standard InChI is InChI=1S/C18H15F3N2O3.C18H21N3O6.C14H12FN3O3.C14H12N4O3.C13H14N2O2.C11H16N2S/c19-18(20,21)11-3-5-12(6-4-11)22-13(24)8-23-16(25)14-9-1-2-10(7-9)15(14)17(23)26;1-11-5-6-13(27-11)9-20-21-16(22)10-19-18(23)12-7-14(24-2)17(26-4)15(8-12)25-3;15-11-4-1-3-10(7-11)14(20)16-9-13(19)18-17-8-12-5-2-6-21-12;1-9(12-4-2-6-20-12)15-18-14(19)11-8-10(16-17-11)13-5-3-7-21-13;1-2-17-13(16)11-10(8-15-12(11)14)9-6-4-3-5-7-9;1-13(2)10-5-3-9(4-6-10)11-12-7-8-14-11/h1-6,9-10,14-15H,7-8H2,(H,22,24);5-9H,10H2,1-4H3,(H,19,23)(H,21,22);1-8H,9H2,(H,16,20)(H,18,19);2-8H,1H3,(H,16,17)(H,18,19);3-8,15H,2,14H2,1H3;3-6,11-12H,7-8H2,1-2H3/b;20-9-;17-8+;15-9+;;. The van der Waals surface area contributed by atoms with Crippen LogP contribution in [0.2, 0.25) is 0 Å². The first kappa shape index (κ1) is 93.2. The van der Waals surface area contributed by atoms with Gasteiger partial charge in [0.2, 0.25) is 23.5 Å². The number of hydrogen-bond acceptors (Lipinski definition) is 25. The molecule has 15 rings (SSSR count). The number of ether oxygens (including phenoxy) is 4. The second-order valence-corrected chi connectivity index (χ2v) is 29.0. The molecule has 5 aromatic carbocycles. The monoisotopic (exact) mass is 1750 g/mol. The number of fused-ring (bicyclic) bond motifs is 5. The highest BCUT2D eigenvalue weighted by Crippen LogP contribution is 2.52. The first-order valence-corrected chi connectivity index (χ1v) is 39.8. The second kappa shape index (κ2) is 45.2. The molecule has 6 aromatic heterocycles. The molecule has 126 heavy (non-hydrogen) atoms. The lowest BCUT2D eigenvalue weighted by atomic mass is 9.85. The maximum atomic E-state index is 12.9. The number of esters is 1. The Morgan fingerprint density at radius 3 is 1.88 bits per heavy atom. The molecule has 4 aliphatic rings. The number of carbonyl (C=O) groups is 9. The van der Waals surface area contributed by atoms with E-state index in [1.807, 2.05) is 54.2 Å². The number of nitrogens with one attached hydrogen (secondary N) is 9. The second-order valence-electron chi connectivity index (χ2n) is 27.8. The van der Waals surface area contributed by atoms with Gasteiger partial charge in [0.1, 0.15) is 58.2 Å². The molecule has 11 aromatic rings. The molecule has 2 bridgehead atoms. The van der Waals surface area contributed by atoms with Gasteiger partial charge >= 0.3 is 12.1 Å². The maximum absolute atomic E-state index is 12.9. The third-order valence-electron chi connectivity index (χ3n) is 19.0. The van der Waals surface area contributed by atoms with E-state index in [9.17, 15) is 60.7 Å². The molecule has 8 heterocycles. The van der Waals surface area contributed by atoms with E-state index in [1.165, 1.54) is 87.4 Å². The van der Waals surface area contributed by atoms with Crippen LogP contribution in [0.15, 0.2) is 240 Å². The smallest absolute Gasteiger partial charge is 0.416 e. The van der Waals surface area contributed by atoms with Gasteiger partial charge in [-0.25, -0.2) is 25.5 Å². The van der Waals surface area contributed by atoms with Crippen LogP contribution in [0.25, 0.3) is 22.6 Å². The van der Waals surface area contributed by atoms with Crippen LogP contribution in [0.1, 0.15) is 101 Å². The van der Waals surface area contributed by atoms with Crippen molar-refractivity contribution in [2.24, 2.45) is 39.0 Å². The van der Waals surface area contributed by atoms with Gasteiger partial charge in [-0.15, -0.1) is 11.8 Å². The van der Waals surface area contributed by atoms with Gasteiger partial charge in [-0.05, 0) is 165 Å². The number of H-pyrrole nitrogens is 2. The van der Waals surface area contributed by atoms with E-state index in [-0.39, 0.29) is 71.1 Å².